The lowest BCUT2D eigenvalue weighted by atomic mass is 9.94. The first kappa shape index (κ1) is 14.9. The molecule has 2 amide bonds. The van der Waals surface area contributed by atoms with Crippen molar-refractivity contribution >= 4 is 23.6 Å². The molecule has 1 aliphatic heterocycles. The van der Waals surface area contributed by atoms with Gasteiger partial charge in [0, 0.05) is 18.0 Å². The predicted molar refractivity (Wildman–Crippen MR) is 77.2 cm³/mol. The van der Waals surface area contributed by atoms with E-state index >= 15 is 0 Å². The van der Waals surface area contributed by atoms with Gasteiger partial charge in [-0.2, -0.15) is 0 Å². The molecule has 1 fully saturated rings. The van der Waals surface area contributed by atoms with Crippen molar-refractivity contribution in [2.75, 3.05) is 12.8 Å². The molecule has 108 valence electrons. The summed E-state index contributed by atoms with van der Waals surface area (Å²) in [7, 11) is 0. The predicted octanol–water partition coefficient (Wildman–Crippen LogP) is 0.522. The second kappa shape index (κ2) is 6.76. The van der Waals surface area contributed by atoms with Crippen LogP contribution in [0.4, 0.5) is 0 Å². The van der Waals surface area contributed by atoms with Crippen LogP contribution in [0.5, 0.6) is 0 Å². The van der Waals surface area contributed by atoms with Crippen molar-refractivity contribution in [3.63, 3.8) is 0 Å². The lowest BCUT2D eigenvalue weighted by molar-refractivity contribution is -0.142. The number of hydrogen-bond donors (Lipinski definition) is 3. The van der Waals surface area contributed by atoms with E-state index in [4.69, 9.17) is 0 Å². The van der Waals surface area contributed by atoms with Crippen molar-refractivity contribution in [1.82, 2.24) is 10.6 Å². The van der Waals surface area contributed by atoms with Crippen LogP contribution in [-0.2, 0) is 16.1 Å². The molecule has 20 heavy (non-hydrogen) atoms. The quantitative estimate of drug-likeness (QED) is 0.559. The molecule has 0 saturated carbocycles. The van der Waals surface area contributed by atoms with Crippen LogP contribution in [0.2, 0.25) is 0 Å². The van der Waals surface area contributed by atoms with Gasteiger partial charge in [0.1, 0.15) is 5.92 Å². The van der Waals surface area contributed by atoms with Crippen molar-refractivity contribution in [3.05, 3.63) is 29.8 Å². The van der Waals surface area contributed by atoms with E-state index < -0.39 is 23.8 Å². The van der Waals surface area contributed by atoms with Crippen molar-refractivity contribution in [2.24, 2.45) is 5.92 Å². The second-order valence-corrected chi connectivity index (χ2v) is 5.57. The van der Waals surface area contributed by atoms with Crippen LogP contribution in [0.1, 0.15) is 12.0 Å². The lowest BCUT2D eigenvalue weighted by Crippen LogP contribution is -2.51. The molecule has 5 nitrogen and oxygen atoms in total. The zero-order chi connectivity index (χ0) is 14.5. The summed E-state index contributed by atoms with van der Waals surface area (Å²) in [6.45, 7) is 0.767. The third-order valence-corrected chi connectivity index (χ3v) is 4.02. The molecule has 0 radical (unpaired) electrons. The van der Waals surface area contributed by atoms with Crippen LogP contribution in [0.25, 0.3) is 0 Å². The maximum Gasteiger partial charge on any atom is 0.235 e. The number of carbonyl (C=O) groups excluding carboxylic acids is 2. The van der Waals surface area contributed by atoms with Gasteiger partial charge < -0.3 is 15.7 Å². The third-order valence-electron chi connectivity index (χ3n) is 3.29. The minimum atomic E-state index is -1.01. The number of hydrogen-bond acceptors (Lipinski definition) is 4. The third kappa shape index (κ3) is 3.52. The van der Waals surface area contributed by atoms with Gasteiger partial charge in [-0.05, 0) is 30.4 Å². The van der Waals surface area contributed by atoms with E-state index in [0.717, 1.165) is 10.5 Å². The average molecular weight is 294 g/mol. The summed E-state index contributed by atoms with van der Waals surface area (Å²) in [5, 5.41) is 15.1. The molecule has 1 saturated heterocycles. The van der Waals surface area contributed by atoms with Crippen molar-refractivity contribution in [3.8, 4) is 0 Å². The largest absolute Gasteiger partial charge is 0.392 e. The summed E-state index contributed by atoms with van der Waals surface area (Å²) in [6, 6.07) is 7.82. The first-order chi connectivity index (χ1) is 9.61. The van der Waals surface area contributed by atoms with E-state index in [0.29, 0.717) is 19.5 Å². The number of rotatable bonds is 4. The number of aliphatic hydroxyl groups is 1. The molecule has 3 N–H and O–H groups in total. The highest BCUT2D eigenvalue weighted by Crippen LogP contribution is 2.16. The second-order valence-electron chi connectivity index (χ2n) is 4.69. The Morgan fingerprint density at radius 2 is 2.35 bits per heavy atom. The molecule has 0 aliphatic carbocycles. The van der Waals surface area contributed by atoms with Crippen LogP contribution < -0.4 is 10.6 Å². The SMILES string of the molecule is CSc1cccc(CNC(=O)C2C(=O)NCCC2O)c1. The van der Waals surface area contributed by atoms with Crippen LogP contribution in [0.3, 0.4) is 0 Å². The average Bonchev–Trinajstić information content (AvgIpc) is 2.45. The molecule has 2 atom stereocenters. The highest BCUT2D eigenvalue weighted by molar-refractivity contribution is 7.98. The fourth-order valence-electron chi connectivity index (χ4n) is 2.17. The van der Waals surface area contributed by atoms with Crippen molar-refractivity contribution < 1.29 is 14.7 Å². The number of carbonyl (C=O) groups is 2. The van der Waals surface area contributed by atoms with Gasteiger partial charge in [0.05, 0.1) is 6.10 Å². The molecule has 1 aliphatic rings. The molecule has 1 aromatic carbocycles. The van der Waals surface area contributed by atoms with E-state index in [9.17, 15) is 14.7 Å². The lowest BCUT2D eigenvalue weighted by Gasteiger charge is -2.26. The van der Waals surface area contributed by atoms with E-state index in [1.807, 2.05) is 30.5 Å². The Morgan fingerprint density at radius 3 is 3.05 bits per heavy atom. The van der Waals surface area contributed by atoms with Gasteiger partial charge in [-0.1, -0.05) is 12.1 Å². The number of thioether (sulfide) groups is 1. The van der Waals surface area contributed by atoms with Crippen LogP contribution in [-0.4, -0.2) is 35.8 Å². The first-order valence-electron chi connectivity index (χ1n) is 6.48. The highest BCUT2D eigenvalue weighted by Gasteiger charge is 2.36. The normalized spacial score (nSPS) is 22.2. The Balaban J connectivity index is 1.95. The number of aliphatic hydroxyl groups excluding tert-OH is 1. The Bertz CT molecular complexity index is 507. The topological polar surface area (TPSA) is 78.4 Å². The molecule has 0 bridgehead atoms. The zero-order valence-electron chi connectivity index (χ0n) is 11.3. The molecular weight excluding hydrogens is 276 g/mol. The maximum absolute atomic E-state index is 12.0. The number of benzene rings is 1. The van der Waals surface area contributed by atoms with E-state index in [1.165, 1.54) is 0 Å². The van der Waals surface area contributed by atoms with Crippen molar-refractivity contribution in [1.29, 1.82) is 0 Å². The van der Waals surface area contributed by atoms with E-state index in [2.05, 4.69) is 10.6 Å². The minimum Gasteiger partial charge on any atom is -0.392 e. The maximum atomic E-state index is 12.0. The minimum absolute atomic E-state index is 0.351. The summed E-state index contributed by atoms with van der Waals surface area (Å²) in [4.78, 5) is 24.7. The van der Waals surface area contributed by atoms with Gasteiger partial charge in [-0.15, -0.1) is 11.8 Å². The van der Waals surface area contributed by atoms with Gasteiger partial charge >= 0.3 is 0 Å². The van der Waals surface area contributed by atoms with Gasteiger partial charge in [-0.3, -0.25) is 9.59 Å². The van der Waals surface area contributed by atoms with Gasteiger partial charge in [0.2, 0.25) is 11.8 Å². The van der Waals surface area contributed by atoms with Crippen molar-refractivity contribution in [2.45, 2.75) is 24.0 Å². The monoisotopic (exact) mass is 294 g/mol. The van der Waals surface area contributed by atoms with Crippen LogP contribution in [0.15, 0.2) is 29.2 Å². The molecule has 0 aromatic heterocycles. The van der Waals surface area contributed by atoms with Gasteiger partial charge in [-0.25, -0.2) is 0 Å². The molecule has 2 unspecified atom stereocenters. The Hall–Kier alpha value is -1.53. The molecule has 2 rings (SSSR count). The summed E-state index contributed by atoms with van der Waals surface area (Å²) < 4.78 is 0. The molecule has 1 aromatic rings. The number of amides is 2. The fourth-order valence-corrected chi connectivity index (χ4v) is 2.65. The van der Waals surface area contributed by atoms with Gasteiger partial charge in [0.25, 0.3) is 0 Å². The highest BCUT2D eigenvalue weighted by atomic mass is 32.2. The first-order valence-corrected chi connectivity index (χ1v) is 7.70. The number of nitrogens with one attached hydrogen (secondary N) is 2. The van der Waals surface area contributed by atoms with E-state index in [1.54, 1.807) is 11.8 Å². The number of piperidine rings is 1. The Morgan fingerprint density at radius 1 is 1.55 bits per heavy atom. The van der Waals surface area contributed by atoms with Crippen LogP contribution in [0, 0.1) is 5.92 Å². The molecule has 0 spiro atoms. The molecular formula is C14H18N2O3S. The zero-order valence-corrected chi connectivity index (χ0v) is 12.1. The summed E-state index contributed by atoms with van der Waals surface area (Å²) >= 11 is 1.63. The smallest absolute Gasteiger partial charge is 0.235 e. The summed E-state index contributed by atoms with van der Waals surface area (Å²) in [5.74, 6) is -1.84. The van der Waals surface area contributed by atoms with Crippen LogP contribution >= 0.6 is 11.8 Å². The summed E-state index contributed by atoms with van der Waals surface area (Å²) in [5.41, 5.74) is 0.968. The fraction of sp³-hybridized carbons (Fsp3) is 0.429. The van der Waals surface area contributed by atoms with Gasteiger partial charge in [0.15, 0.2) is 0 Å². The summed E-state index contributed by atoms with van der Waals surface area (Å²) in [6.07, 6.45) is 1.49. The molecule has 6 heteroatoms. The Kier molecular flexibility index (Phi) is 5.03. The molecule has 1 heterocycles. The van der Waals surface area contributed by atoms with E-state index in [-0.39, 0.29) is 0 Å². The Labute approximate surface area is 122 Å². The standard InChI is InChI=1S/C14H18N2O3S/c1-20-10-4-2-3-9(7-10)8-16-14(19)12-11(17)5-6-15-13(12)18/h2-4,7,11-12,17H,5-6,8H2,1H3,(H,15,18)(H,16,19).